The molecular weight excluding hydrogens is 493 g/mol. The summed E-state index contributed by atoms with van der Waals surface area (Å²) in [5.41, 5.74) is 7.49. The van der Waals surface area contributed by atoms with Crippen molar-refractivity contribution in [1.29, 1.82) is 0 Å². The quantitative estimate of drug-likeness (QED) is 0.233. The number of hydrogen-bond acceptors (Lipinski definition) is 5. The number of hydrogen-bond donors (Lipinski definition) is 3. The molecule has 39 heavy (non-hydrogen) atoms. The van der Waals surface area contributed by atoms with Crippen molar-refractivity contribution < 1.29 is 9.18 Å². The van der Waals surface area contributed by atoms with Gasteiger partial charge in [-0.05, 0) is 47.4 Å². The number of halogens is 1. The standard InChI is InChI=1S/C30H26FN7O/c1-30(2,3)12-27(39)34-20-10-18(13-32-14-20)23-8-9-24-28(36-23)29(38-37-24)25-11-21-22(15-33-16-26(21)35-25)17-4-6-19(31)7-5-17/h4-11,13-16,35H,12H2,1-3H3,(H,34,39)(H,37,38). The van der Waals surface area contributed by atoms with Crippen molar-refractivity contribution in [2.75, 3.05) is 5.32 Å². The highest BCUT2D eigenvalue weighted by atomic mass is 19.1. The molecule has 0 radical (unpaired) electrons. The van der Waals surface area contributed by atoms with Gasteiger partial charge in [-0.25, -0.2) is 9.37 Å². The van der Waals surface area contributed by atoms with Crippen LogP contribution in [0.2, 0.25) is 0 Å². The molecule has 0 fully saturated rings. The Morgan fingerprint density at radius 3 is 2.51 bits per heavy atom. The van der Waals surface area contributed by atoms with E-state index in [4.69, 9.17) is 4.98 Å². The van der Waals surface area contributed by atoms with Gasteiger partial charge in [0.25, 0.3) is 0 Å². The fourth-order valence-corrected chi connectivity index (χ4v) is 4.62. The summed E-state index contributed by atoms with van der Waals surface area (Å²) in [4.78, 5) is 29.4. The second-order valence-electron chi connectivity index (χ2n) is 10.8. The number of fused-ring (bicyclic) bond motifs is 2. The fourth-order valence-electron chi connectivity index (χ4n) is 4.62. The maximum Gasteiger partial charge on any atom is 0.224 e. The van der Waals surface area contributed by atoms with Gasteiger partial charge < -0.3 is 10.3 Å². The molecule has 9 heteroatoms. The Hall–Kier alpha value is -4.92. The van der Waals surface area contributed by atoms with E-state index < -0.39 is 0 Å². The van der Waals surface area contributed by atoms with Crippen LogP contribution in [0.25, 0.3) is 55.7 Å². The summed E-state index contributed by atoms with van der Waals surface area (Å²) in [6.45, 7) is 6.07. The minimum absolute atomic E-state index is 0.0599. The van der Waals surface area contributed by atoms with E-state index in [1.807, 2.05) is 45.0 Å². The van der Waals surface area contributed by atoms with E-state index in [0.717, 1.165) is 38.8 Å². The van der Waals surface area contributed by atoms with E-state index in [1.54, 1.807) is 36.9 Å². The molecule has 0 aliphatic heterocycles. The van der Waals surface area contributed by atoms with Gasteiger partial charge in [-0.3, -0.25) is 19.9 Å². The van der Waals surface area contributed by atoms with Gasteiger partial charge in [-0.15, -0.1) is 0 Å². The summed E-state index contributed by atoms with van der Waals surface area (Å²) < 4.78 is 13.5. The number of nitrogens with one attached hydrogen (secondary N) is 3. The third kappa shape index (κ3) is 4.98. The van der Waals surface area contributed by atoms with Gasteiger partial charge in [-0.2, -0.15) is 5.10 Å². The molecule has 5 aromatic heterocycles. The molecule has 0 aliphatic carbocycles. The summed E-state index contributed by atoms with van der Waals surface area (Å²) in [5, 5.41) is 11.5. The Morgan fingerprint density at radius 2 is 1.72 bits per heavy atom. The highest BCUT2D eigenvalue weighted by molar-refractivity contribution is 6.00. The zero-order valence-electron chi connectivity index (χ0n) is 21.7. The number of pyridine rings is 3. The van der Waals surface area contributed by atoms with Crippen LogP contribution in [0.15, 0.2) is 73.3 Å². The lowest BCUT2D eigenvalue weighted by molar-refractivity contribution is -0.117. The Morgan fingerprint density at radius 1 is 0.923 bits per heavy atom. The minimum atomic E-state index is -0.286. The van der Waals surface area contributed by atoms with E-state index in [9.17, 15) is 9.18 Å². The molecule has 0 spiro atoms. The molecule has 0 unspecified atom stereocenters. The zero-order chi connectivity index (χ0) is 27.1. The van der Waals surface area contributed by atoms with Crippen molar-refractivity contribution in [3.05, 3.63) is 79.1 Å². The Balaban J connectivity index is 1.36. The first-order valence-corrected chi connectivity index (χ1v) is 12.6. The predicted octanol–water partition coefficient (Wildman–Crippen LogP) is 6.74. The number of anilines is 1. The van der Waals surface area contributed by atoms with Crippen LogP contribution in [0.4, 0.5) is 10.1 Å². The zero-order valence-corrected chi connectivity index (χ0v) is 21.7. The smallest absolute Gasteiger partial charge is 0.224 e. The Bertz CT molecular complexity index is 1830. The van der Waals surface area contributed by atoms with Crippen LogP contribution in [0.1, 0.15) is 27.2 Å². The fraction of sp³-hybridized carbons (Fsp3) is 0.167. The molecule has 8 nitrogen and oxygen atoms in total. The van der Waals surface area contributed by atoms with Gasteiger partial charge in [0, 0.05) is 35.3 Å². The van der Waals surface area contributed by atoms with Gasteiger partial charge >= 0.3 is 0 Å². The third-order valence-electron chi connectivity index (χ3n) is 6.37. The van der Waals surface area contributed by atoms with Crippen molar-refractivity contribution in [2.45, 2.75) is 27.2 Å². The highest BCUT2D eigenvalue weighted by Crippen LogP contribution is 2.34. The predicted molar refractivity (Wildman–Crippen MR) is 150 cm³/mol. The number of rotatable bonds is 5. The molecule has 5 heterocycles. The number of nitrogens with zero attached hydrogens (tertiary/aromatic N) is 4. The number of benzene rings is 1. The van der Waals surface area contributed by atoms with E-state index in [2.05, 4.69) is 30.5 Å². The first kappa shape index (κ1) is 24.4. The highest BCUT2D eigenvalue weighted by Gasteiger charge is 2.18. The normalized spacial score (nSPS) is 11.8. The summed E-state index contributed by atoms with van der Waals surface area (Å²) in [6, 6.07) is 14.0. The topological polar surface area (TPSA) is 112 Å². The second kappa shape index (κ2) is 9.43. The van der Waals surface area contributed by atoms with Crippen molar-refractivity contribution in [3.8, 4) is 33.8 Å². The molecule has 0 bridgehead atoms. The summed E-state index contributed by atoms with van der Waals surface area (Å²) in [6.07, 6.45) is 7.28. The largest absolute Gasteiger partial charge is 0.352 e. The van der Waals surface area contributed by atoms with E-state index in [1.165, 1.54) is 12.1 Å². The van der Waals surface area contributed by atoms with Crippen LogP contribution in [-0.2, 0) is 4.79 Å². The number of carbonyl (C=O) groups excluding carboxylic acids is 1. The number of amides is 1. The first-order valence-electron chi connectivity index (χ1n) is 12.6. The van der Waals surface area contributed by atoms with E-state index in [-0.39, 0.29) is 17.1 Å². The lowest BCUT2D eigenvalue weighted by atomic mass is 9.92. The van der Waals surface area contributed by atoms with Gasteiger partial charge in [0.1, 0.15) is 17.0 Å². The molecule has 3 N–H and O–H groups in total. The van der Waals surface area contributed by atoms with Crippen molar-refractivity contribution >= 4 is 33.5 Å². The van der Waals surface area contributed by atoms with E-state index in [0.29, 0.717) is 29.0 Å². The average molecular weight is 520 g/mol. The van der Waals surface area contributed by atoms with E-state index >= 15 is 0 Å². The summed E-state index contributed by atoms with van der Waals surface area (Å²) in [5.74, 6) is -0.346. The molecular formula is C30H26FN7O. The third-order valence-corrected chi connectivity index (χ3v) is 6.37. The first-order chi connectivity index (χ1) is 18.7. The monoisotopic (exact) mass is 519 g/mol. The van der Waals surface area contributed by atoms with Gasteiger partial charge in [0.2, 0.25) is 5.91 Å². The molecule has 0 saturated carbocycles. The minimum Gasteiger partial charge on any atom is -0.352 e. The molecule has 194 valence electrons. The van der Waals surface area contributed by atoms with Crippen LogP contribution in [0.5, 0.6) is 0 Å². The summed E-state index contributed by atoms with van der Waals surface area (Å²) in [7, 11) is 0. The molecule has 1 amide bonds. The number of aromatic nitrogens is 6. The summed E-state index contributed by atoms with van der Waals surface area (Å²) >= 11 is 0. The second-order valence-corrected chi connectivity index (χ2v) is 10.8. The van der Waals surface area contributed by atoms with Gasteiger partial charge in [-0.1, -0.05) is 32.9 Å². The van der Waals surface area contributed by atoms with Crippen LogP contribution in [-0.4, -0.2) is 36.0 Å². The molecule has 6 aromatic rings. The Kier molecular flexibility index (Phi) is 5.91. The van der Waals surface area contributed by atoms with Gasteiger partial charge in [0.15, 0.2) is 0 Å². The lowest BCUT2D eigenvalue weighted by Gasteiger charge is -2.17. The molecule has 6 rings (SSSR count). The number of carbonyl (C=O) groups is 1. The maximum absolute atomic E-state index is 13.5. The van der Waals surface area contributed by atoms with Crippen LogP contribution >= 0.6 is 0 Å². The molecule has 1 aromatic carbocycles. The number of H-pyrrole nitrogens is 2. The SMILES string of the molecule is CC(C)(C)CC(=O)Nc1cncc(-c2ccc3[nH]nc(-c4cc5c(-c6ccc(F)cc6)cncc5[nH]4)c3n2)c1. The molecule has 0 aliphatic rings. The van der Waals surface area contributed by atoms with Crippen molar-refractivity contribution in [1.82, 2.24) is 30.1 Å². The Labute approximate surface area is 223 Å². The maximum atomic E-state index is 13.5. The molecule has 0 saturated heterocycles. The molecule has 0 atom stereocenters. The van der Waals surface area contributed by atoms with Crippen molar-refractivity contribution in [2.24, 2.45) is 5.41 Å². The van der Waals surface area contributed by atoms with Crippen LogP contribution < -0.4 is 5.32 Å². The van der Waals surface area contributed by atoms with Gasteiger partial charge in [0.05, 0.1) is 40.5 Å². The van der Waals surface area contributed by atoms with Crippen LogP contribution in [0.3, 0.4) is 0 Å². The number of aromatic amines is 2. The van der Waals surface area contributed by atoms with Crippen LogP contribution in [0, 0.1) is 11.2 Å². The average Bonchev–Trinajstić information content (AvgIpc) is 3.52. The van der Waals surface area contributed by atoms with Crippen molar-refractivity contribution in [3.63, 3.8) is 0 Å². The lowest BCUT2D eigenvalue weighted by Crippen LogP contribution is -2.19.